The molecule has 3 aromatic rings. The second-order valence-electron chi connectivity index (χ2n) is 5.02. The average molecular weight is 454 g/mol. The Labute approximate surface area is 166 Å². The zero-order valence-corrected chi connectivity index (χ0v) is 16.2. The van der Waals surface area contributed by atoms with Crippen molar-refractivity contribution in [2.75, 3.05) is 0 Å². The van der Waals surface area contributed by atoms with Crippen molar-refractivity contribution in [1.82, 2.24) is 5.43 Å². The third-order valence-corrected chi connectivity index (χ3v) is 5.28. The average Bonchev–Trinajstić information content (AvgIpc) is 2.96. The molecule has 2 aromatic carbocycles. The fourth-order valence-corrected chi connectivity index (χ4v) is 3.43. The van der Waals surface area contributed by atoms with Crippen LogP contribution in [0.25, 0.3) is 0 Å². The molecular weight excluding hydrogens is 443 g/mol. The van der Waals surface area contributed by atoms with Crippen LogP contribution in [0.3, 0.4) is 0 Å². The maximum atomic E-state index is 13.5. The van der Waals surface area contributed by atoms with Gasteiger partial charge in [0.1, 0.15) is 11.6 Å². The number of hydrogen-bond acceptors (Lipinski definition) is 4. The first-order chi connectivity index (χ1) is 12.5. The number of nitrogens with zero attached hydrogens (tertiary/aromatic N) is 1. The van der Waals surface area contributed by atoms with Crippen LogP contribution in [0, 0.1) is 5.82 Å². The van der Waals surface area contributed by atoms with Crippen LogP contribution in [0.4, 0.5) is 4.39 Å². The topological polar surface area (TPSA) is 54.6 Å². The molecule has 0 aliphatic heterocycles. The molecule has 1 aromatic heterocycles. The van der Waals surface area contributed by atoms with Gasteiger partial charge in [-0.05, 0) is 52.3 Å². The Balaban J connectivity index is 1.65. The molecule has 1 amide bonds. The van der Waals surface area contributed by atoms with Gasteiger partial charge in [-0.15, -0.1) is 0 Å². The monoisotopic (exact) mass is 452 g/mol. The van der Waals surface area contributed by atoms with E-state index in [9.17, 15) is 9.18 Å². The molecule has 132 valence electrons. The van der Waals surface area contributed by atoms with Crippen LogP contribution < -0.4 is 5.43 Å². The van der Waals surface area contributed by atoms with Crippen LogP contribution in [0.5, 0.6) is 0 Å². The van der Waals surface area contributed by atoms with Crippen molar-refractivity contribution in [2.45, 2.75) is 9.99 Å². The third-order valence-electron chi connectivity index (χ3n) is 3.18. The second-order valence-corrected chi connectivity index (χ2v) is 7.36. The minimum Gasteiger partial charge on any atom is -0.447 e. The standard InChI is InChI=1S/C18H11BrClFN2O2S/c19-15-9-12(25-18(15)26-13-7-5-11(20)6-8-13)10-22-23-17(24)14-3-1-2-4-16(14)21/h1-10H,(H,23,24)/b22-10-. The van der Waals surface area contributed by atoms with Gasteiger partial charge in [0.15, 0.2) is 5.09 Å². The van der Waals surface area contributed by atoms with Gasteiger partial charge in [-0.1, -0.05) is 35.5 Å². The van der Waals surface area contributed by atoms with Gasteiger partial charge in [0, 0.05) is 16.0 Å². The van der Waals surface area contributed by atoms with E-state index in [2.05, 4.69) is 26.5 Å². The highest BCUT2D eigenvalue weighted by Crippen LogP contribution is 2.35. The van der Waals surface area contributed by atoms with E-state index >= 15 is 0 Å². The molecule has 4 nitrogen and oxygen atoms in total. The number of carbonyl (C=O) groups is 1. The van der Waals surface area contributed by atoms with E-state index in [0.717, 1.165) is 9.37 Å². The largest absolute Gasteiger partial charge is 0.447 e. The van der Waals surface area contributed by atoms with Gasteiger partial charge in [-0.2, -0.15) is 5.10 Å². The molecule has 3 rings (SSSR count). The minimum absolute atomic E-state index is 0.0794. The first kappa shape index (κ1) is 18.7. The molecule has 0 radical (unpaired) electrons. The Morgan fingerprint density at radius 2 is 1.96 bits per heavy atom. The molecule has 0 fully saturated rings. The summed E-state index contributed by atoms with van der Waals surface area (Å²) < 4.78 is 19.9. The number of hydrazone groups is 1. The van der Waals surface area contributed by atoms with Gasteiger partial charge < -0.3 is 4.42 Å². The lowest BCUT2D eigenvalue weighted by Gasteiger charge is -2.00. The summed E-state index contributed by atoms with van der Waals surface area (Å²) in [5, 5.41) is 5.09. The summed E-state index contributed by atoms with van der Waals surface area (Å²) in [6.07, 6.45) is 1.34. The summed E-state index contributed by atoms with van der Waals surface area (Å²) in [7, 11) is 0. The maximum absolute atomic E-state index is 13.5. The van der Waals surface area contributed by atoms with E-state index in [-0.39, 0.29) is 5.56 Å². The molecule has 0 spiro atoms. The Morgan fingerprint density at radius 3 is 2.69 bits per heavy atom. The second kappa shape index (κ2) is 8.53. The zero-order valence-electron chi connectivity index (χ0n) is 13.1. The number of halogens is 3. The zero-order chi connectivity index (χ0) is 18.5. The fourth-order valence-electron chi connectivity index (χ4n) is 1.97. The summed E-state index contributed by atoms with van der Waals surface area (Å²) in [5.41, 5.74) is 2.19. The van der Waals surface area contributed by atoms with Gasteiger partial charge in [0.2, 0.25) is 0 Å². The van der Waals surface area contributed by atoms with Gasteiger partial charge in [-0.3, -0.25) is 4.79 Å². The van der Waals surface area contributed by atoms with Crippen molar-refractivity contribution in [3.63, 3.8) is 0 Å². The van der Waals surface area contributed by atoms with Crippen LogP contribution in [-0.2, 0) is 0 Å². The molecule has 8 heteroatoms. The van der Waals surface area contributed by atoms with E-state index in [0.29, 0.717) is 15.9 Å². The van der Waals surface area contributed by atoms with E-state index < -0.39 is 11.7 Å². The summed E-state index contributed by atoms with van der Waals surface area (Å²) in [4.78, 5) is 12.8. The molecule has 26 heavy (non-hydrogen) atoms. The van der Waals surface area contributed by atoms with E-state index in [1.54, 1.807) is 24.3 Å². The van der Waals surface area contributed by atoms with E-state index in [1.165, 1.54) is 36.2 Å². The highest BCUT2D eigenvalue weighted by molar-refractivity contribution is 9.10. The number of benzene rings is 2. The Morgan fingerprint density at radius 1 is 1.23 bits per heavy atom. The van der Waals surface area contributed by atoms with Crippen molar-refractivity contribution in [2.24, 2.45) is 5.10 Å². The maximum Gasteiger partial charge on any atom is 0.274 e. The quantitative estimate of drug-likeness (QED) is 0.395. The van der Waals surface area contributed by atoms with Gasteiger partial charge >= 0.3 is 0 Å². The first-order valence-corrected chi connectivity index (χ1v) is 9.32. The van der Waals surface area contributed by atoms with Crippen LogP contribution in [0.15, 0.2) is 78.6 Å². The van der Waals surface area contributed by atoms with Crippen LogP contribution in [0.1, 0.15) is 16.1 Å². The van der Waals surface area contributed by atoms with Crippen LogP contribution in [-0.4, -0.2) is 12.1 Å². The molecule has 0 saturated carbocycles. The Hall–Kier alpha value is -2.09. The van der Waals surface area contributed by atoms with Crippen LogP contribution >= 0.6 is 39.3 Å². The molecule has 0 saturated heterocycles. The number of carbonyl (C=O) groups excluding carboxylic acids is 1. The highest BCUT2D eigenvalue weighted by Gasteiger charge is 2.11. The molecule has 0 unspecified atom stereocenters. The highest BCUT2D eigenvalue weighted by atomic mass is 79.9. The molecule has 1 heterocycles. The minimum atomic E-state index is -0.638. The molecular formula is C18H11BrClFN2O2S. The fraction of sp³-hybridized carbons (Fsp3) is 0. The number of hydrogen-bond donors (Lipinski definition) is 1. The summed E-state index contributed by atoms with van der Waals surface area (Å²) in [5.74, 6) is -0.814. The van der Waals surface area contributed by atoms with Crippen molar-refractivity contribution < 1.29 is 13.6 Å². The molecule has 0 atom stereocenters. The molecule has 0 aliphatic carbocycles. The number of furan rings is 1. The van der Waals surface area contributed by atoms with Crippen molar-refractivity contribution in [3.8, 4) is 0 Å². The summed E-state index contributed by atoms with van der Waals surface area (Å²) in [6, 6.07) is 14.7. The van der Waals surface area contributed by atoms with Gasteiger partial charge in [0.25, 0.3) is 5.91 Å². The SMILES string of the molecule is O=C(N/N=C\c1cc(Br)c(Sc2ccc(Cl)cc2)o1)c1ccccc1F. The lowest BCUT2D eigenvalue weighted by atomic mass is 10.2. The summed E-state index contributed by atoms with van der Waals surface area (Å²) >= 11 is 10.7. The number of nitrogens with one attached hydrogen (secondary N) is 1. The smallest absolute Gasteiger partial charge is 0.274 e. The Kier molecular flexibility index (Phi) is 6.13. The third kappa shape index (κ3) is 4.75. The molecule has 0 aliphatic rings. The Bertz CT molecular complexity index is 960. The van der Waals surface area contributed by atoms with Gasteiger partial charge in [0.05, 0.1) is 16.3 Å². The molecule has 1 N–H and O–H groups in total. The van der Waals surface area contributed by atoms with E-state index in [1.807, 2.05) is 12.1 Å². The normalized spacial score (nSPS) is 11.0. The number of amides is 1. The lowest BCUT2D eigenvalue weighted by Crippen LogP contribution is -2.18. The van der Waals surface area contributed by atoms with Crippen molar-refractivity contribution in [3.05, 3.63) is 81.2 Å². The van der Waals surface area contributed by atoms with Gasteiger partial charge in [-0.25, -0.2) is 9.82 Å². The first-order valence-electron chi connectivity index (χ1n) is 7.33. The van der Waals surface area contributed by atoms with Crippen LogP contribution in [0.2, 0.25) is 5.02 Å². The predicted octanol–water partition coefficient (Wildman–Crippen LogP) is 5.75. The molecule has 0 bridgehead atoms. The van der Waals surface area contributed by atoms with Crippen molar-refractivity contribution >= 4 is 51.4 Å². The lowest BCUT2D eigenvalue weighted by molar-refractivity contribution is 0.0951. The number of rotatable bonds is 5. The van der Waals surface area contributed by atoms with E-state index in [4.69, 9.17) is 16.0 Å². The summed E-state index contributed by atoms with van der Waals surface area (Å²) in [6.45, 7) is 0. The predicted molar refractivity (Wildman–Crippen MR) is 103 cm³/mol. The van der Waals surface area contributed by atoms with Crippen molar-refractivity contribution in [1.29, 1.82) is 0 Å².